The monoisotopic (exact) mass is 126 g/mol. The Labute approximate surface area is 56.7 Å². The summed E-state index contributed by atoms with van der Waals surface area (Å²) in [7, 11) is 0. The van der Waals surface area contributed by atoms with Gasteiger partial charge in [0.25, 0.3) is 0 Å². The largest absolute Gasteiger partial charge is 0.374 e. The van der Waals surface area contributed by atoms with Crippen molar-refractivity contribution >= 4 is 0 Å². The molecular formula is C8H14O. The Bertz CT molecular complexity index is 116. The van der Waals surface area contributed by atoms with Gasteiger partial charge in [0.05, 0.1) is 6.10 Å². The minimum atomic E-state index is 0.275. The molecule has 1 aliphatic heterocycles. The number of hydrogen-bond donors (Lipinski definition) is 0. The maximum Gasteiger partial charge on any atom is 0.0804 e. The molecule has 1 rings (SSSR count). The minimum Gasteiger partial charge on any atom is -0.374 e. The molecule has 0 radical (unpaired) electrons. The molecule has 1 saturated heterocycles. The van der Waals surface area contributed by atoms with Gasteiger partial charge >= 0.3 is 0 Å². The van der Waals surface area contributed by atoms with Crippen LogP contribution in [0.3, 0.4) is 0 Å². The van der Waals surface area contributed by atoms with E-state index in [-0.39, 0.29) is 6.10 Å². The molecule has 1 fully saturated rings. The Kier molecular flexibility index (Phi) is 1.62. The molecule has 0 aromatic rings. The van der Waals surface area contributed by atoms with Crippen molar-refractivity contribution in [2.45, 2.75) is 26.4 Å². The van der Waals surface area contributed by atoms with Crippen molar-refractivity contribution in [2.24, 2.45) is 5.41 Å². The summed E-state index contributed by atoms with van der Waals surface area (Å²) in [6.45, 7) is 9.04. The third-order valence-electron chi connectivity index (χ3n) is 2.03. The molecular weight excluding hydrogens is 112 g/mol. The van der Waals surface area contributed by atoms with Gasteiger partial charge in [0, 0.05) is 6.61 Å². The molecule has 9 heavy (non-hydrogen) atoms. The zero-order valence-electron chi connectivity index (χ0n) is 6.18. The molecule has 0 saturated carbocycles. The van der Waals surface area contributed by atoms with E-state index in [4.69, 9.17) is 4.74 Å². The molecule has 0 spiro atoms. The average Bonchev–Trinajstić information content (AvgIpc) is 2.08. The molecule has 1 atom stereocenters. The molecule has 0 aromatic heterocycles. The lowest BCUT2D eigenvalue weighted by Gasteiger charge is -2.21. The highest BCUT2D eigenvalue weighted by Crippen LogP contribution is 2.33. The normalized spacial score (nSPS) is 32.4. The van der Waals surface area contributed by atoms with E-state index in [0.29, 0.717) is 5.41 Å². The maximum atomic E-state index is 5.40. The van der Waals surface area contributed by atoms with Crippen LogP contribution in [0.15, 0.2) is 12.7 Å². The van der Waals surface area contributed by atoms with Crippen LogP contribution in [0.2, 0.25) is 0 Å². The minimum absolute atomic E-state index is 0.275. The second-order valence-corrected chi connectivity index (χ2v) is 3.27. The average molecular weight is 126 g/mol. The Morgan fingerprint density at radius 2 is 2.33 bits per heavy atom. The summed E-state index contributed by atoms with van der Waals surface area (Å²) < 4.78 is 5.40. The Balaban J connectivity index is 2.62. The Morgan fingerprint density at radius 3 is 2.56 bits per heavy atom. The van der Waals surface area contributed by atoms with E-state index in [1.54, 1.807) is 0 Å². The molecule has 1 aliphatic rings. The van der Waals surface area contributed by atoms with Crippen molar-refractivity contribution in [2.75, 3.05) is 6.61 Å². The van der Waals surface area contributed by atoms with Crippen molar-refractivity contribution in [3.05, 3.63) is 12.7 Å². The van der Waals surface area contributed by atoms with Crippen LogP contribution >= 0.6 is 0 Å². The van der Waals surface area contributed by atoms with Gasteiger partial charge in [-0.2, -0.15) is 0 Å². The number of ether oxygens (including phenoxy) is 1. The smallest absolute Gasteiger partial charge is 0.0804 e. The fraction of sp³-hybridized carbons (Fsp3) is 0.750. The maximum absolute atomic E-state index is 5.40. The zero-order chi connectivity index (χ0) is 6.91. The van der Waals surface area contributed by atoms with Crippen molar-refractivity contribution in [1.29, 1.82) is 0 Å². The third kappa shape index (κ3) is 1.16. The fourth-order valence-electron chi connectivity index (χ4n) is 1.20. The molecule has 0 N–H and O–H groups in total. The second kappa shape index (κ2) is 2.14. The topological polar surface area (TPSA) is 9.23 Å². The van der Waals surface area contributed by atoms with Gasteiger partial charge in [-0.1, -0.05) is 19.9 Å². The summed E-state index contributed by atoms with van der Waals surface area (Å²) in [4.78, 5) is 0. The first kappa shape index (κ1) is 6.81. The highest BCUT2D eigenvalue weighted by atomic mass is 16.5. The van der Waals surface area contributed by atoms with E-state index in [0.717, 1.165) is 13.0 Å². The van der Waals surface area contributed by atoms with Gasteiger partial charge in [0.1, 0.15) is 0 Å². The molecule has 0 bridgehead atoms. The zero-order valence-corrected chi connectivity index (χ0v) is 6.18. The highest BCUT2D eigenvalue weighted by molar-refractivity contribution is 4.95. The van der Waals surface area contributed by atoms with Gasteiger partial charge in [0.2, 0.25) is 0 Å². The molecule has 1 nitrogen and oxygen atoms in total. The lowest BCUT2D eigenvalue weighted by Crippen LogP contribution is -2.21. The van der Waals surface area contributed by atoms with E-state index in [2.05, 4.69) is 20.4 Å². The van der Waals surface area contributed by atoms with Crippen LogP contribution in [0.1, 0.15) is 20.3 Å². The Hall–Kier alpha value is -0.300. The van der Waals surface area contributed by atoms with Crippen molar-refractivity contribution in [3.8, 4) is 0 Å². The van der Waals surface area contributed by atoms with Gasteiger partial charge in [-0.15, -0.1) is 6.58 Å². The highest BCUT2D eigenvalue weighted by Gasteiger charge is 2.32. The van der Waals surface area contributed by atoms with Gasteiger partial charge < -0.3 is 4.74 Å². The molecule has 52 valence electrons. The third-order valence-corrected chi connectivity index (χ3v) is 2.03. The standard InChI is InChI=1S/C8H14O/c1-4-7-8(2,3)5-6-9-7/h4,7H,1,5-6H2,2-3H3/t7-/m0/s1. The van der Waals surface area contributed by atoms with E-state index in [1.165, 1.54) is 0 Å². The van der Waals surface area contributed by atoms with E-state index in [9.17, 15) is 0 Å². The lowest BCUT2D eigenvalue weighted by molar-refractivity contribution is 0.103. The van der Waals surface area contributed by atoms with Crippen LogP contribution in [-0.4, -0.2) is 12.7 Å². The predicted molar refractivity (Wildman–Crippen MR) is 38.3 cm³/mol. The van der Waals surface area contributed by atoms with Crippen LogP contribution < -0.4 is 0 Å². The van der Waals surface area contributed by atoms with Crippen LogP contribution in [0, 0.1) is 5.41 Å². The summed E-state index contributed by atoms with van der Waals surface area (Å²) in [5.41, 5.74) is 0.321. The van der Waals surface area contributed by atoms with Crippen molar-refractivity contribution in [1.82, 2.24) is 0 Å². The molecule has 0 amide bonds. The summed E-state index contributed by atoms with van der Waals surface area (Å²) in [6, 6.07) is 0. The van der Waals surface area contributed by atoms with E-state index in [1.807, 2.05) is 6.08 Å². The summed E-state index contributed by atoms with van der Waals surface area (Å²) in [5.74, 6) is 0. The quantitative estimate of drug-likeness (QED) is 0.488. The van der Waals surface area contributed by atoms with E-state index >= 15 is 0 Å². The molecule has 0 unspecified atom stereocenters. The second-order valence-electron chi connectivity index (χ2n) is 3.27. The van der Waals surface area contributed by atoms with Gasteiger partial charge in [-0.05, 0) is 11.8 Å². The van der Waals surface area contributed by atoms with E-state index < -0.39 is 0 Å². The van der Waals surface area contributed by atoms with Gasteiger partial charge in [-0.3, -0.25) is 0 Å². The van der Waals surface area contributed by atoms with Gasteiger partial charge in [-0.25, -0.2) is 0 Å². The van der Waals surface area contributed by atoms with Crippen LogP contribution in [0.4, 0.5) is 0 Å². The van der Waals surface area contributed by atoms with Gasteiger partial charge in [0.15, 0.2) is 0 Å². The summed E-state index contributed by atoms with van der Waals surface area (Å²) >= 11 is 0. The first-order chi connectivity index (χ1) is 4.17. The van der Waals surface area contributed by atoms with Crippen molar-refractivity contribution < 1.29 is 4.74 Å². The number of rotatable bonds is 1. The SMILES string of the molecule is C=C[C@@H]1OCCC1(C)C. The number of hydrogen-bond acceptors (Lipinski definition) is 1. The van der Waals surface area contributed by atoms with Crippen LogP contribution in [0.5, 0.6) is 0 Å². The first-order valence-electron chi connectivity index (χ1n) is 3.41. The van der Waals surface area contributed by atoms with Crippen LogP contribution in [0.25, 0.3) is 0 Å². The lowest BCUT2D eigenvalue weighted by atomic mass is 9.86. The molecule has 0 aromatic carbocycles. The molecule has 0 aliphatic carbocycles. The predicted octanol–water partition coefficient (Wildman–Crippen LogP) is 1.99. The first-order valence-corrected chi connectivity index (χ1v) is 3.41. The summed E-state index contributed by atoms with van der Waals surface area (Å²) in [6.07, 6.45) is 3.33. The molecule has 1 heteroatoms. The summed E-state index contributed by atoms with van der Waals surface area (Å²) in [5, 5.41) is 0. The molecule has 1 heterocycles. The van der Waals surface area contributed by atoms with Crippen LogP contribution in [-0.2, 0) is 4.74 Å². The van der Waals surface area contributed by atoms with Crippen molar-refractivity contribution in [3.63, 3.8) is 0 Å². The fourth-order valence-corrected chi connectivity index (χ4v) is 1.20. The Morgan fingerprint density at radius 1 is 1.67 bits per heavy atom.